The quantitative estimate of drug-likeness (QED) is 0.868. The Hall–Kier alpha value is -0.570. The topological polar surface area (TPSA) is 40.5 Å². The molecule has 1 unspecified atom stereocenters. The van der Waals surface area contributed by atoms with Crippen LogP contribution in [0.25, 0.3) is 0 Å². The van der Waals surface area contributed by atoms with Crippen molar-refractivity contribution in [3.05, 3.63) is 0 Å². The van der Waals surface area contributed by atoms with Gasteiger partial charge in [0.25, 0.3) is 0 Å². The van der Waals surface area contributed by atoms with Crippen LogP contribution in [0.2, 0.25) is 0 Å². The molecule has 118 valence electrons. The largest absolute Gasteiger partial charge is 0.481 e. The Morgan fingerprint density at radius 2 is 1.62 bits per heavy atom. The minimum Gasteiger partial charge on any atom is -0.481 e. The molecule has 0 aromatic rings. The Bertz CT molecular complexity index is 411. The summed E-state index contributed by atoms with van der Waals surface area (Å²) in [5.41, 5.74) is 0.516. The summed E-state index contributed by atoms with van der Waals surface area (Å²) in [5.74, 6) is 2.50. The fraction of sp³-hybridized carbons (Fsp3) is 0.944. The molecule has 1 saturated heterocycles. The van der Waals surface area contributed by atoms with Gasteiger partial charge in [0.1, 0.15) is 0 Å². The maximum absolute atomic E-state index is 11.4. The molecule has 0 aromatic carbocycles. The maximum Gasteiger partial charge on any atom is 0.308 e. The van der Waals surface area contributed by atoms with Gasteiger partial charge < -0.3 is 5.11 Å². The summed E-state index contributed by atoms with van der Waals surface area (Å²) < 4.78 is 0. The van der Waals surface area contributed by atoms with Gasteiger partial charge in [0, 0.05) is 19.1 Å². The number of carboxylic acid groups (broad SMARTS) is 1. The summed E-state index contributed by atoms with van der Waals surface area (Å²) in [7, 11) is 0. The van der Waals surface area contributed by atoms with Gasteiger partial charge in [-0.25, -0.2) is 0 Å². The van der Waals surface area contributed by atoms with Crippen LogP contribution in [0, 0.1) is 35.0 Å². The molecular formula is C18H29NO2. The second kappa shape index (κ2) is 4.71. The lowest BCUT2D eigenvalue weighted by atomic mass is 9.47. The van der Waals surface area contributed by atoms with E-state index >= 15 is 0 Å². The highest BCUT2D eigenvalue weighted by Crippen LogP contribution is 2.62. The normalized spacial score (nSPS) is 50.5. The van der Waals surface area contributed by atoms with Crippen LogP contribution in [0.5, 0.6) is 0 Å². The molecule has 0 amide bonds. The SMILES string of the molecule is CC(N1C[C@@H](C)[C@H](C(=O)O)C1)C12CC3CC(CC(C3)C1)C2. The number of carboxylic acids is 1. The standard InChI is InChI=1S/C18H29NO2/c1-11-9-19(10-16(11)17(20)21)12(2)18-6-13-3-14(7-18)5-15(4-13)8-18/h11-16H,3-10H2,1-2H3,(H,20,21)/t11-,12?,13?,14?,15?,16-,18?/m1/s1. The molecule has 1 aliphatic heterocycles. The van der Waals surface area contributed by atoms with Crippen LogP contribution >= 0.6 is 0 Å². The number of hydrogen-bond donors (Lipinski definition) is 1. The number of nitrogens with zero attached hydrogens (tertiary/aromatic N) is 1. The fourth-order valence-electron chi connectivity index (χ4n) is 6.72. The number of carbonyl (C=O) groups is 1. The molecule has 1 heterocycles. The lowest BCUT2D eigenvalue weighted by molar-refractivity contribution is -0.142. The van der Waals surface area contributed by atoms with E-state index in [0.717, 1.165) is 30.8 Å². The van der Waals surface area contributed by atoms with Crippen LogP contribution in [-0.4, -0.2) is 35.1 Å². The van der Waals surface area contributed by atoms with E-state index in [1.165, 1.54) is 38.5 Å². The summed E-state index contributed by atoms with van der Waals surface area (Å²) in [6.07, 6.45) is 8.72. The number of aliphatic carboxylic acids is 1. The minimum absolute atomic E-state index is 0.152. The summed E-state index contributed by atoms with van der Waals surface area (Å²) in [5, 5.41) is 9.39. The van der Waals surface area contributed by atoms with Gasteiger partial charge in [-0.1, -0.05) is 6.92 Å². The monoisotopic (exact) mass is 291 g/mol. The molecule has 4 saturated carbocycles. The van der Waals surface area contributed by atoms with E-state index in [4.69, 9.17) is 0 Å². The van der Waals surface area contributed by atoms with Crippen LogP contribution in [0.4, 0.5) is 0 Å². The lowest BCUT2D eigenvalue weighted by Gasteiger charge is -2.60. The molecule has 1 N–H and O–H groups in total. The third-order valence-electron chi connectivity index (χ3n) is 7.48. The van der Waals surface area contributed by atoms with E-state index in [1.54, 1.807) is 0 Å². The van der Waals surface area contributed by atoms with Crippen molar-refractivity contribution in [2.24, 2.45) is 35.0 Å². The average molecular weight is 291 g/mol. The summed E-state index contributed by atoms with van der Waals surface area (Å²) in [6.45, 7) is 6.29. The van der Waals surface area contributed by atoms with Gasteiger partial charge in [0.2, 0.25) is 0 Å². The van der Waals surface area contributed by atoms with Crippen LogP contribution < -0.4 is 0 Å². The molecule has 5 aliphatic rings. The highest BCUT2D eigenvalue weighted by molar-refractivity contribution is 5.71. The Labute approximate surface area is 128 Å². The molecule has 3 nitrogen and oxygen atoms in total. The molecule has 4 aliphatic carbocycles. The molecule has 5 fully saturated rings. The van der Waals surface area contributed by atoms with Crippen LogP contribution in [0.15, 0.2) is 0 Å². The molecule has 3 atom stereocenters. The van der Waals surface area contributed by atoms with Crippen molar-refractivity contribution in [3.63, 3.8) is 0 Å². The number of likely N-dealkylation sites (tertiary alicyclic amines) is 1. The van der Waals surface area contributed by atoms with Crippen molar-refractivity contribution >= 4 is 5.97 Å². The predicted octanol–water partition coefficient (Wildman–Crippen LogP) is 3.24. The van der Waals surface area contributed by atoms with Crippen molar-refractivity contribution in [3.8, 4) is 0 Å². The van der Waals surface area contributed by atoms with Crippen molar-refractivity contribution in [2.45, 2.75) is 58.4 Å². The molecule has 0 radical (unpaired) electrons. The average Bonchev–Trinajstić information content (AvgIpc) is 2.78. The molecule has 3 heteroatoms. The Balaban J connectivity index is 1.53. The van der Waals surface area contributed by atoms with Gasteiger partial charge in [0.15, 0.2) is 0 Å². The molecule has 0 aromatic heterocycles. The third kappa shape index (κ3) is 2.15. The predicted molar refractivity (Wildman–Crippen MR) is 81.9 cm³/mol. The van der Waals surface area contributed by atoms with E-state index in [-0.39, 0.29) is 5.92 Å². The molecule has 4 bridgehead atoms. The van der Waals surface area contributed by atoms with E-state index in [9.17, 15) is 9.90 Å². The van der Waals surface area contributed by atoms with E-state index in [2.05, 4.69) is 18.7 Å². The summed E-state index contributed by atoms with van der Waals surface area (Å²) in [4.78, 5) is 13.9. The minimum atomic E-state index is -0.595. The second-order valence-electron chi connectivity index (χ2n) is 8.83. The third-order valence-corrected chi connectivity index (χ3v) is 7.48. The Morgan fingerprint density at radius 3 is 2.05 bits per heavy atom. The van der Waals surface area contributed by atoms with Gasteiger partial charge in [-0.2, -0.15) is 0 Å². The fourth-order valence-corrected chi connectivity index (χ4v) is 6.72. The summed E-state index contributed by atoms with van der Waals surface area (Å²) >= 11 is 0. The molecule has 5 rings (SSSR count). The Morgan fingerprint density at radius 1 is 1.10 bits per heavy atom. The van der Waals surface area contributed by atoms with Gasteiger partial charge in [-0.15, -0.1) is 0 Å². The Kier molecular flexibility index (Phi) is 3.15. The first kappa shape index (κ1) is 14.0. The van der Waals surface area contributed by atoms with E-state index < -0.39 is 5.97 Å². The van der Waals surface area contributed by atoms with Crippen LogP contribution in [0.1, 0.15) is 52.4 Å². The van der Waals surface area contributed by atoms with Gasteiger partial charge in [-0.05, 0) is 74.5 Å². The zero-order chi connectivity index (χ0) is 14.8. The van der Waals surface area contributed by atoms with Gasteiger partial charge in [0.05, 0.1) is 5.92 Å². The van der Waals surface area contributed by atoms with Crippen LogP contribution in [0.3, 0.4) is 0 Å². The lowest BCUT2D eigenvalue weighted by Crippen LogP contribution is -2.55. The van der Waals surface area contributed by atoms with Gasteiger partial charge in [-0.3, -0.25) is 9.69 Å². The van der Waals surface area contributed by atoms with Crippen molar-refractivity contribution < 1.29 is 9.90 Å². The highest BCUT2D eigenvalue weighted by atomic mass is 16.4. The first-order valence-corrected chi connectivity index (χ1v) is 8.94. The smallest absolute Gasteiger partial charge is 0.308 e. The van der Waals surface area contributed by atoms with Crippen molar-refractivity contribution in [2.75, 3.05) is 13.1 Å². The number of rotatable bonds is 3. The molecular weight excluding hydrogens is 262 g/mol. The zero-order valence-corrected chi connectivity index (χ0v) is 13.4. The first-order valence-electron chi connectivity index (χ1n) is 8.94. The van der Waals surface area contributed by atoms with Gasteiger partial charge >= 0.3 is 5.97 Å². The zero-order valence-electron chi connectivity index (χ0n) is 13.4. The number of hydrogen-bond acceptors (Lipinski definition) is 2. The second-order valence-corrected chi connectivity index (χ2v) is 8.83. The summed E-state index contributed by atoms with van der Waals surface area (Å²) in [6, 6.07) is 0.581. The van der Waals surface area contributed by atoms with E-state index in [0.29, 0.717) is 17.4 Å². The van der Waals surface area contributed by atoms with Crippen LogP contribution in [-0.2, 0) is 4.79 Å². The molecule has 21 heavy (non-hydrogen) atoms. The maximum atomic E-state index is 11.4. The van der Waals surface area contributed by atoms with Crippen molar-refractivity contribution in [1.29, 1.82) is 0 Å². The van der Waals surface area contributed by atoms with E-state index in [1.807, 2.05) is 0 Å². The molecule has 0 spiro atoms. The van der Waals surface area contributed by atoms with Crippen molar-refractivity contribution in [1.82, 2.24) is 4.90 Å². The highest BCUT2D eigenvalue weighted by Gasteiger charge is 2.55. The first-order chi connectivity index (χ1) is 9.97.